The number of aromatic nitrogens is 2. The van der Waals surface area contributed by atoms with E-state index >= 15 is 0 Å². The number of nitrogens with zero attached hydrogens (tertiary/aromatic N) is 2. The van der Waals surface area contributed by atoms with Crippen LogP contribution in [0.25, 0.3) is 0 Å². The first-order chi connectivity index (χ1) is 13.6. The summed E-state index contributed by atoms with van der Waals surface area (Å²) in [7, 11) is 2.84. The fourth-order valence-electron chi connectivity index (χ4n) is 2.23. The zero-order valence-corrected chi connectivity index (χ0v) is 16.0. The molecule has 0 atom stereocenters. The molecular formula is C21H28FN3O3. The van der Waals surface area contributed by atoms with Crippen LogP contribution in [0.5, 0.6) is 0 Å². The topological polar surface area (TPSA) is 87.4 Å². The molecule has 0 fully saturated rings. The lowest BCUT2D eigenvalue weighted by atomic mass is 10.1. The molecule has 6 nitrogen and oxygen atoms in total. The van der Waals surface area contributed by atoms with E-state index in [1.165, 1.54) is 23.8 Å². The van der Waals surface area contributed by atoms with Crippen LogP contribution >= 0.6 is 0 Å². The van der Waals surface area contributed by atoms with Gasteiger partial charge in [-0.25, -0.2) is 4.98 Å². The Hall–Kier alpha value is -3.03. The van der Waals surface area contributed by atoms with Crippen molar-refractivity contribution >= 4 is 11.6 Å². The van der Waals surface area contributed by atoms with E-state index in [-0.39, 0.29) is 13.7 Å². The summed E-state index contributed by atoms with van der Waals surface area (Å²) in [5.41, 5.74) is 2.01. The maximum atomic E-state index is 12.8. The fraction of sp³-hybridized carbons (Fsp3) is 0.238. The van der Waals surface area contributed by atoms with Crippen molar-refractivity contribution in [1.29, 1.82) is 0 Å². The molecule has 0 unspecified atom stereocenters. The highest BCUT2D eigenvalue weighted by molar-refractivity contribution is 6.02. The first-order valence-corrected chi connectivity index (χ1v) is 8.74. The summed E-state index contributed by atoms with van der Waals surface area (Å²) in [5.74, 6) is -1.09. The van der Waals surface area contributed by atoms with Crippen LogP contribution in [0.1, 0.15) is 23.9 Å². The largest absolute Gasteiger partial charge is 0.400 e. The van der Waals surface area contributed by atoms with Gasteiger partial charge in [0.15, 0.2) is 0 Å². The molecule has 152 valence electrons. The van der Waals surface area contributed by atoms with Crippen molar-refractivity contribution < 1.29 is 20.8 Å². The van der Waals surface area contributed by atoms with Crippen molar-refractivity contribution in [3.8, 4) is 0 Å². The SMILES string of the molecule is CO.Cn1ccc(NC(=O)c2cccc(F)n2)c1.OCCCc1ccccc1.[HH]. The summed E-state index contributed by atoms with van der Waals surface area (Å²) in [6.07, 6.45) is 5.40. The van der Waals surface area contributed by atoms with Gasteiger partial charge in [-0.15, -0.1) is 0 Å². The number of nitrogens with one attached hydrogen (secondary N) is 1. The van der Waals surface area contributed by atoms with Gasteiger partial charge >= 0.3 is 0 Å². The average molecular weight is 389 g/mol. The number of halogens is 1. The number of aliphatic hydroxyl groups is 2. The Morgan fingerprint density at radius 3 is 2.43 bits per heavy atom. The zero-order chi connectivity index (χ0) is 20.8. The summed E-state index contributed by atoms with van der Waals surface area (Å²) >= 11 is 0. The number of amides is 1. The van der Waals surface area contributed by atoms with Gasteiger partial charge in [-0.2, -0.15) is 4.39 Å². The predicted molar refractivity (Wildman–Crippen MR) is 110 cm³/mol. The van der Waals surface area contributed by atoms with Crippen molar-refractivity contribution in [3.63, 3.8) is 0 Å². The standard InChI is InChI=1S/C11H10FN3O.C9H12O.CH4O.H2/c1-15-6-5-8(7-15)13-11(16)9-3-2-4-10(12)14-9;10-8-4-7-9-5-2-1-3-6-9;1-2;/h2-7H,1H3,(H,13,16);1-3,5-6,10H,4,7-8H2;2H,1H3;1H. The van der Waals surface area contributed by atoms with Crippen molar-refractivity contribution in [2.24, 2.45) is 7.05 Å². The molecule has 3 N–H and O–H groups in total. The highest BCUT2D eigenvalue weighted by Gasteiger charge is 2.08. The molecular weight excluding hydrogens is 361 g/mol. The average Bonchev–Trinajstić information content (AvgIpc) is 3.14. The van der Waals surface area contributed by atoms with Crippen molar-refractivity contribution in [2.75, 3.05) is 19.0 Å². The molecule has 0 aliphatic rings. The number of benzene rings is 1. The second kappa shape index (κ2) is 13.2. The summed E-state index contributed by atoms with van der Waals surface area (Å²) < 4.78 is 14.6. The summed E-state index contributed by atoms with van der Waals surface area (Å²) in [5, 5.41) is 18.1. The molecule has 3 aromatic rings. The summed E-state index contributed by atoms with van der Waals surface area (Å²) in [4.78, 5) is 15.1. The second-order valence-electron chi connectivity index (χ2n) is 5.68. The van der Waals surface area contributed by atoms with E-state index in [0.29, 0.717) is 5.69 Å². The molecule has 0 saturated carbocycles. The van der Waals surface area contributed by atoms with Crippen LogP contribution < -0.4 is 5.32 Å². The minimum atomic E-state index is -0.666. The summed E-state index contributed by atoms with van der Waals surface area (Å²) in [6, 6.07) is 16.0. The number of rotatable bonds is 5. The molecule has 0 bridgehead atoms. The lowest BCUT2D eigenvalue weighted by molar-refractivity contribution is 0.102. The second-order valence-corrected chi connectivity index (χ2v) is 5.68. The van der Waals surface area contributed by atoms with Gasteiger partial charge in [-0.3, -0.25) is 4.79 Å². The molecule has 0 aliphatic heterocycles. The minimum absolute atomic E-state index is 0. The Morgan fingerprint density at radius 1 is 1.14 bits per heavy atom. The predicted octanol–water partition coefficient (Wildman–Crippen LogP) is 3.28. The lowest BCUT2D eigenvalue weighted by Gasteiger charge is -2.01. The van der Waals surface area contributed by atoms with Gasteiger partial charge in [0.05, 0.1) is 5.69 Å². The maximum Gasteiger partial charge on any atom is 0.274 e. The first-order valence-electron chi connectivity index (χ1n) is 8.74. The molecule has 0 saturated heterocycles. The molecule has 2 heterocycles. The Labute approximate surface area is 165 Å². The van der Waals surface area contributed by atoms with E-state index in [2.05, 4.69) is 22.4 Å². The fourth-order valence-corrected chi connectivity index (χ4v) is 2.23. The van der Waals surface area contributed by atoms with Gasteiger partial charge < -0.3 is 20.1 Å². The van der Waals surface area contributed by atoms with Crippen LogP contribution in [-0.2, 0) is 13.5 Å². The van der Waals surface area contributed by atoms with Crippen molar-refractivity contribution in [3.05, 3.63) is 84.2 Å². The monoisotopic (exact) mass is 389 g/mol. The van der Waals surface area contributed by atoms with E-state index in [4.69, 9.17) is 10.2 Å². The molecule has 2 aromatic heterocycles. The van der Waals surface area contributed by atoms with Crippen LogP contribution in [0.4, 0.5) is 10.1 Å². The van der Waals surface area contributed by atoms with E-state index in [0.717, 1.165) is 20.0 Å². The number of carbonyl (C=O) groups is 1. The van der Waals surface area contributed by atoms with Gasteiger partial charge in [-0.05, 0) is 36.6 Å². The molecule has 7 heteroatoms. The first kappa shape index (κ1) is 23.0. The third-order valence-corrected chi connectivity index (χ3v) is 3.50. The Bertz CT molecular complexity index is 829. The Kier molecular flexibility index (Phi) is 10.8. The number of aryl methyl sites for hydroxylation is 2. The molecule has 0 radical (unpaired) electrons. The van der Waals surface area contributed by atoms with Crippen molar-refractivity contribution in [2.45, 2.75) is 12.8 Å². The zero-order valence-electron chi connectivity index (χ0n) is 16.0. The van der Waals surface area contributed by atoms with Crippen LogP contribution in [0.3, 0.4) is 0 Å². The van der Waals surface area contributed by atoms with Gasteiger partial charge in [0.25, 0.3) is 5.91 Å². The number of pyridine rings is 1. The minimum Gasteiger partial charge on any atom is -0.400 e. The number of anilines is 1. The molecule has 3 rings (SSSR count). The third kappa shape index (κ3) is 8.57. The van der Waals surface area contributed by atoms with E-state index in [9.17, 15) is 9.18 Å². The van der Waals surface area contributed by atoms with Crippen LogP contribution in [0.15, 0.2) is 67.0 Å². The molecule has 0 spiro atoms. The maximum absolute atomic E-state index is 12.8. The number of hydrogen-bond donors (Lipinski definition) is 3. The van der Waals surface area contributed by atoms with E-state index in [1.54, 1.807) is 23.0 Å². The van der Waals surface area contributed by atoms with Crippen LogP contribution in [0.2, 0.25) is 0 Å². The van der Waals surface area contributed by atoms with Gasteiger partial charge in [-0.1, -0.05) is 36.4 Å². The lowest BCUT2D eigenvalue weighted by Crippen LogP contribution is -2.13. The molecule has 28 heavy (non-hydrogen) atoms. The molecule has 1 amide bonds. The van der Waals surface area contributed by atoms with Gasteiger partial charge in [0.1, 0.15) is 5.69 Å². The normalized spacial score (nSPS) is 9.46. The number of hydrogen-bond acceptors (Lipinski definition) is 4. The Morgan fingerprint density at radius 2 is 1.86 bits per heavy atom. The van der Waals surface area contributed by atoms with Gasteiger partial charge in [0, 0.05) is 34.6 Å². The van der Waals surface area contributed by atoms with E-state index in [1.807, 2.05) is 25.2 Å². The smallest absolute Gasteiger partial charge is 0.274 e. The highest BCUT2D eigenvalue weighted by atomic mass is 19.1. The quantitative estimate of drug-likeness (QED) is 0.585. The summed E-state index contributed by atoms with van der Waals surface area (Å²) in [6.45, 7) is 0.287. The van der Waals surface area contributed by atoms with Gasteiger partial charge in [0.2, 0.25) is 5.95 Å². The molecule has 0 aliphatic carbocycles. The molecule has 1 aromatic carbocycles. The van der Waals surface area contributed by atoms with Crippen LogP contribution in [0, 0.1) is 5.95 Å². The van der Waals surface area contributed by atoms with Crippen LogP contribution in [-0.4, -0.2) is 39.4 Å². The highest BCUT2D eigenvalue weighted by Crippen LogP contribution is 2.08. The number of carbonyl (C=O) groups excluding carboxylic acids is 1. The third-order valence-electron chi connectivity index (χ3n) is 3.50. The van der Waals surface area contributed by atoms with E-state index < -0.39 is 11.9 Å². The van der Waals surface area contributed by atoms with Crippen molar-refractivity contribution in [1.82, 2.24) is 9.55 Å². The Balaban J connectivity index is 0.000000524. The number of aliphatic hydroxyl groups excluding tert-OH is 2.